The summed E-state index contributed by atoms with van der Waals surface area (Å²) < 4.78 is 42.8. The molecular formula is C18H25NO7S. The number of nitrogens with zero attached hydrogens (tertiary/aromatic N) is 1. The van der Waals surface area contributed by atoms with Crippen LogP contribution in [0.15, 0.2) is 17.0 Å². The number of piperidine rings is 1. The molecule has 1 aliphatic heterocycles. The lowest BCUT2D eigenvalue weighted by atomic mass is 10.1. The van der Waals surface area contributed by atoms with Gasteiger partial charge in [-0.25, -0.2) is 13.2 Å². The number of hydrogen-bond acceptors (Lipinski definition) is 7. The molecule has 0 radical (unpaired) electrons. The second-order valence-electron chi connectivity index (χ2n) is 6.46. The Morgan fingerprint density at radius 3 is 2.52 bits per heavy atom. The number of carbonyl (C=O) groups excluding carboxylic acids is 2. The van der Waals surface area contributed by atoms with Crippen LogP contribution in [0, 0.1) is 13.8 Å². The average molecular weight is 399 g/mol. The van der Waals surface area contributed by atoms with Crippen molar-refractivity contribution in [1.82, 2.24) is 4.31 Å². The molecule has 1 aromatic rings. The number of methoxy groups -OCH3 is 1. The lowest BCUT2D eigenvalue weighted by Gasteiger charge is -2.35. The third-order valence-corrected chi connectivity index (χ3v) is 6.78. The monoisotopic (exact) mass is 399 g/mol. The van der Waals surface area contributed by atoms with Crippen LogP contribution in [0.4, 0.5) is 0 Å². The highest BCUT2D eigenvalue weighted by Gasteiger charge is 2.35. The van der Waals surface area contributed by atoms with Gasteiger partial charge in [0.05, 0.1) is 18.6 Å². The molecule has 0 N–H and O–H groups in total. The van der Waals surface area contributed by atoms with Gasteiger partial charge in [0.15, 0.2) is 0 Å². The molecule has 2 rings (SSSR count). The van der Waals surface area contributed by atoms with Gasteiger partial charge in [-0.05, 0) is 49.9 Å². The summed E-state index contributed by atoms with van der Waals surface area (Å²) in [5.41, 5.74) is 1.23. The van der Waals surface area contributed by atoms with E-state index < -0.39 is 22.6 Å². The van der Waals surface area contributed by atoms with Crippen LogP contribution in [0.3, 0.4) is 0 Å². The maximum Gasteiger partial charge on any atom is 0.339 e. The molecule has 9 heteroatoms. The Kier molecular flexibility index (Phi) is 7.34. The van der Waals surface area contributed by atoms with Crippen LogP contribution in [0.1, 0.15) is 30.4 Å². The molecule has 0 spiro atoms. The standard InChI is InChI=1S/C18H25NO7S/c1-13-8-16(24-3)9-14(2)18(13)27(22,23)19-7-5-4-6-15(19)10-25-11-17(21)26-12-20/h8-9,12,15H,4-7,10-11H2,1-3H3. The number of rotatable bonds is 8. The maximum atomic E-state index is 13.3. The zero-order valence-corrected chi connectivity index (χ0v) is 16.6. The lowest BCUT2D eigenvalue weighted by Crippen LogP contribution is -2.46. The molecule has 0 aromatic heterocycles. The first-order valence-electron chi connectivity index (χ1n) is 8.69. The summed E-state index contributed by atoms with van der Waals surface area (Å²) in [5.74, 6) is -0.201. The molecule has 1 saturated heterocycles. The zero-order chi connectivity index (χ0) is 20.0. The molecule has 1 atom stereocenters. The van der Waals surface area contributed by atoms with Crippen LogP contribution in [0.2, 0.25) is 0 Å². The summed E-state index contributed by atoms with van der Waals surface area (Å²) in [6.07, 6.45) is 2.27. The molecule has 0 saturated carbocycles. The SMILES string of the molecule is COc1cc(C)c(S(=O)(=O)N2CCCCC2COCC(=O)OC=O)c(C)c1. The first-order valence-corrected chi connectivity index (χ1v) is 10.1. The van der Waals surface area contributed by atoms with E-state index in [4.69, 9.17) is 9.47 Å². The van der Waals surface area contributed by atoms with Crippen molar-refractivity contribution in [2.45, 2.75) is 44.0 Å². The summed E-state index contributed by atoms with van der Waals surface area (Å²) in [7, 11) is -2.20. The van der Waals surface area contributed by atoms with Crippen LogP contribution in [0.25, 0.3) is 0 Å². The molecule has 1 aliphatic rings. The van der Waals surface area contributed by atoms with Crippen molar-refractivity contribution in [3.8, 4) is 5.75 Å². The minimum Gasteiger partial charge on any atom is -0.497 e. The average Bonchev–Trinajstić information content (AvgIpc) is 2.61. The number of hydrogen-bond donors (Lipinski definition) is 0. The third-order valence-electron chi connectivity index (χ3n) is 4.52. The van der Waals surface area contributed by atoms with Crippen LogP contribution in [0.5, 0.6) is 5.75 Å². The molecule has 150 valence electrons. The lowest BCUT2D eigenvalue weighted by molar-refractivity contribution is -0.155. The van der Waals surface area contributed by atoms with E-state index in [9.17, 15) is 18.0 Å². The van der Waals surface area contributed by atoms with E-state index in [-0.39, 0.29) is 24.0 Å². The molecule has 8 nitrogen and oxygen atoms in total. The van der Waals surface area contributed by atoms with E-state index in [1.54, 1.807) is 26.0 Å². The van der Waals surface area contributed by atoms with Crippen molar-refractivity contribution in [2.75, 3.05) is 26.9 Å². The first-order chi connectivity index (χ1) is 12.8. The van der Waals surface area contributed by atoms with Crippen LogP contribution in [-0.2, 0) is 29.1 Å². The number of benzene rings is 1. The van der Waals surface area contributed by atoms with Crippen molar-refractivity contribution in [2.24, 2.45) is 0 Å². The predicted molar refractivity (Wildman–Crippen MR) is 97.0 cm³/mol. The predicted octanol–water partition coefficient (Wildman–Crippen LogP) is 1.57. The highest BCUT2D eigenvalue weighted by Crippen LogP contribution is 2.31. The number of carbonyl (C=O) groups is 2. The number of ether oxygens (including phenoxy) is 3. The Morgan fingerprint density at radius 2 is 1.93 bits per heavy atom. The Morgan fingerprint density at radius 1 is 1.26 bits per heavy atom. The third kappa shape index (κ3) is 5.06. The summed E-state index contributed by atoms with van der Waals surface area (Å²) in [6, 6.07) is 3.02. The molecule has 1 fully saturated rings. The highest BCUT2D eigenvalue weighted by molar-refractivity contribution is 7.89. The Hall–Kier alpha value is -1.97. The van der Waals surface area contributed by atoms with Gasteiger partial charge in [0, 0.05) is 12.6 Å². The minimum atomic E-state index is -3.73. The van der Waals surface area contributed by atoms with E-state index in [2.05, 4.69) is 4.74 Å². The second-order valence-corrected chi connectivity index (χ2v) is 8.28. The van der Waals surface area contributed by atoms with Gasteiger partial charge < -0.3 is 14.2 Å². The molecule has 1 aromatic carbocycles. The molecule has 1 unspecified atom stereocenters. The van der Waals surface area contributed by atoms with Crippen molar-refractivity contribution in [1.29, 1.82) is 0 Å². The van der Waals surface area contributed by atoms with Gasteiger partial charge in [-0.15, -0.1) is 0 Å². The Labute approximate surface area is 159 Å². The maximum absolute atomic E-state index is 13.3. The Bertz CT molecular complexity index is 768. The summed E-state index contributed by atoms with van der Waals surface area (Å²) in [6.45, 7) is 3.57. The van der Waals surface area contributed by atoms with Crippen molar-refractivity contribution in [3.05, 3.63) is 23.3 Å². The van der Waals surface area contributed by atoms with E-state index in [1.807, 2.05) is 0 Å². The van der Waals surface area contributed by atoms with E-state index in [0.29, 0.717) is 29.8 Å². The van der Waals surface area contributed by atoms with Crippen molar-refractivity contribution >= 4 is 22.5 Å². The van der Waals surface area contributed by atoms with Crippen LogP contribution in [-0.4, -0.2) is 58.1 Å². The van der Waals surface area contributed by atoms with E-state index >= 15 is 0 Å². The van der Waals surface area contributed by atoms with Crippen molar-refractivity contribution in [3.63, 3.8) is 0 Å². The van der Waals surface area contributed by atoms with Gasteiger partial charge in [-0.1, -0.05) is 6.42 Å². The molecule has 0 amide bonds. The van der Waals surface area contributed by atoms with Gasteiger partial charge >= 0.3 is 12.4 Å². The van der Waals surface area contributed by atoms with Crippen LogP contribution >= 0.6 is 0 Å². The topological polar surface area (TPSA) is 99.2 Å². The molecule has 0 bridgehead atoms. The van der Waals surface area contributed by atoms with Gasteiger partial charge in [-0.3, -0.25) is 4.79 Å². The highest BCUT2D eigenvalue weighted by atomic mass is 32.2. The van der Waals surface area contributed by atoms with E-state index in [0.717, 1.165) is 12.8 Å². The van der Waals surface area contributed by atoms with Gasteiger partial charge in [0.2, 0.25) is 10.0 Å². The largest absolute Gasteiger partial charge is 0.497 e. The first kappa shape index (κ1) is 21.3. The van der Waals surface area contributed by atoms with Gasteiger partial charge in [0.25, 0.3) is 0 Å². The Balaban J connectivity index is 2.22. The molecule has 27 heavy (non-hydrogen) atoms. The smallest absolute Gasteiger partial charge is 0.339 e. The summed E-state index contributed by atoms with van der Waals surface area (Å²) in [4.78, 5) is 21.6. The molecule has 1 heterocycles. The summed E-state index contributed by atoms with van der Waals surface area (Å²) >= 11 is 0. The van der Waals surface area contributed by atoms with Gasteiger partial charge in [-0.2, -0.15) is 4.31 Å². The van der Waals surface area contributed by atoms with Crippen molar-refractivity contribution < 1.29 is 32.2 Å². The van der Waals surface area contributed by atoms with Crippen LogP contribution < -0.4 is 4.74 Å². The summed E-state index contributed by atoms with van der Waals surface area (Å²) in [5, 5.41) is 0. The number of aryl methyl sites for hydroxylation is 2. The minimum absolute atomic E-state index is 0.0400. The number of esters is 1. The van der Waals surface area contributed by atoms with Gasteiger partial charge in [0.1, 0.15) is 12.4 Å². The normalized spacial score (nSPS) is 18.1. The van der Waals surface area contributed by atoms with E-state index in [1.165, 1.54) is 11.4 Å². The molecular weight excluding hydrogens is 374 g/mol. The zero-order valence-electron chi connectivity index (χ0n) is 15.8. The number of sulfonamides is 1. The second kappa shape index (κ2) is 9.29. The fourth-order valence-electron chi connectivity index (χ4n) is 3.38. The fraction of sp³-hybridized carbons (Fsp3) is 0.556. The fourth-order valence-corrected chi connectivity index (χ4v) is 5.47. The molecule has 0 aliphatic carbocycles. The quantitative estimate of drug-likeness (QED) is 0.372.